The second-order valence-electron chi connectivity index (χ2n) is 8.42. The highest BCUT2D eigenvalue weighted by molar-refractivity contribution is 7.10. The lowest BCUT2D eigenvalue weighted by Gasteiger charge is -2.37. The van der Waals surface area contributed by atoms with Crippen LogP contribution in [0.3, 0.4) is 0 Å². The van der Waals surface area contributed by atoms with Crippen molar-refractivity contribution in [2.45, 2.75) is 31.5 Å². The van der Waals surface area contributed by atoms with E-state index in [2.05, 4.69) is 23.6 Å². The molecule has 158 valence electrons. The van der Waals surface area contributed by atoms with Crippen molar-refractivity contribution in [3.05, 3.63) is 63.5 Å². The molecule has 1 spiro atoms. The Morgan fingerprint density at radius 2 is 1.87 bits per heavy atom. The fourth-order valence-electron chi connectivity index (χ4n) is 5.06. The molecule has 0 saturated carbocycles. The van der Waals surface area contributed by atoms with E-state index in [9.17, 15) is 4.79 Å². The van der Waals surface area contributed by atoms with Crippen molar-refractivity contribution in [1.29, 1.82) is 0 Å². The molecule has 2 fully saturated rings. The zero-order chi connectivity index (χ0) is 20.8. The molecular formula is C25H24N2O3S. The van der Waals surface area contributed by atoms with Crippen molar-refractivity contribution in [3.63, 3.8) is 0 Å². The van der Waals surface area contributed by atoms with E-state index in [0.29, 0.717) is 26.3 Å². The van der Waals surface area contributed by atoms with Gasteiger partial charge in [-0.05, 0) is 47.6 Å². The van der Waals surface area contributed by atoms with Crippen molar-refractivity contribution in [3.8, 4) is 0 Å². The van der Waals surface area contributed by atoms with Crippen LogP contribution in [0.1, 0.15) is 45.8 Å². The summed E-state index contributed by atoms with van der Waals surface area (Å²) in [6, 6.07) is 12.2. The predicted molar refractivity (Wildman–Crippen MR) is 122 cm³/mol. The summed E-state index contributed by atoms with van der Waals surface area (Å²) in [4.78, 5) is 22.0. The van der Waals surface area contributed by atoms with E-state index < -0.39 is 5.79 Å². The first-order chi connectivity index (χ1) is 15.2. The number of carbonyl (C=O) groups is 1. The van der Waals surface area contributed by atoms with Crippen molar-refractivity contribution in [1.82, 2.24) is 9.88 Å². The molecule has 0 radical (unpaired) electrons. The number of hydrogen-bond donors (Lipinski definition) is 0. The zero-order valence-electron chi connectivity index (χ0n) is 17.3. The van der Waals surface area contributed by atoms with Crippen LogP contribution in [0, 0.1) is 0 Å². The van der Waals surface area contributed by atoms with Crippen LogP contribution < -0.4 is 0 Å². The number of nitrogens with zero attached hydrogens (tertiary/aromatic N) is 2. The molecule has 0 bridgehead atoms. The van der Waals surface area contributed by atoms with Gasteiger partial charge in [-0.15, -0.1) is 11.3 Å². The highest BCUT2D eigenvalue weighted by Gasteiger charge is 2.41. The number of allylic oxidation sites excluding steroid dienone is 1. The standard InChI is InChI=1S/C25H24N2O3S/c28-24(27-11-9-25(10-12-27)29-13-14-30-25)22-19-5-1-2-6-21(19)26-23-17(7-8-20(22)23)16-18-4-3-15-31-18/h1-6,15-16H,7-14H2/b17-16+. The predicted octanol–water partition coefficient (Wildman–Crippen LogP) is 4.76. The zero-order valence-corrected chi connectivity index (χ0v) is 18.1. The van der Waals surface area contributed by atoms with Crippen LogP contribution in [-0.4, -0.2) is 47.9 Å². The SMILES string of the molecule is O=C(c1c2c(nc3ccccc13)/C(=C/c1cccs1)CC2)N1CCC2(CC1)OCCO2. The van der Waals surface area contributed by atoms with Gasteiger partial charge in [-0.1, -0.05) is 24.3 Å². The van der Waals surface area contributed by atoms with Gasteiger partial charge in [0.1, 0.15) is 0 Å². The number of pyridine rings is 1. The van der Waals surface area contributed by atoms with Gasteiger partial charge >= 0.3 is 0 Å². The third-order valence-corrected chi connectivity index (χ3v) is 7.46. The number of carbonyl (C=O) groups excluding carboxylic acids is 1. The molecule has 31 heavy (non-hydrogen) atoms. The van der Waals surface area contributed by atoms with Gasteiger partial charge in [-0.25, -0.2) is 4.98 Å². The third kappa shape index (κ3) is 3.30. The Bertz CT molecular complexity index is 1170. The molecule has 6 heteroatoms. The number of piperidine rings is 1. The summed E-state index contributed by atoms with van der Waals surface area (Å²) in [5, 5.41) is 3.05. The lowest BCUT2D eigenvalue weighted by Crippen LogP contribution is -2.47. The first kappa shape index (κ1) is 19.2. The number of likely N-dealkylation sites (tertiary alicyclic amines) is 1. The van der Waals surface area contributed by atoms with E-state index in [1.54, 1.807) is 11.3 Å². The minimum Gasteiger partial charge on any atom is -0.347 e. The van der Waals surface area contributed by atoms with Crippen LogP contribution in [-0.2, 0) is 15.9 Å². The van der Waals surface area contributed by atoms with Crippen LogP contribution >= 0.6 is 11.3 Å². The number of para-hydroxylation sites is 1. The molecule has 5 nitrogen and oxygen atoms in total. The summed E-state index contributed by atoms with van der Waals surface area (Å²) >= 11 is 1.73. The third-order valence-electron chi connectivity index (χ3n) is 6.64. The van der Waals surface area contributed by atoms with Gasteiger partial charge in [0.25, 0.3) is 5.91 Å². The Morgan fingerprint density at radius 3 is 2.65 bits per heavy atom. The molecule has 3 aliphatic rings. The lowest BCUT2D eigenvalue weighted by molar-refractivity contribution is -0.181. The van der Waals surface area contributed by atoms with Gasteiger partial charge in [0, 0.05) is 36.2 Å². The Labute approximate surface area is 185 Å². The molecule has 4 heterocycles. The van der Waals surface area contributed by atoms with Gasteiger partial charge < -0.3 is 14.4 Å². The Hall–Kier alpha value is -2.54. The van der Waals surface area contributed by atoms with E-state index in [1.165, 1.54) is 10.5 Å². The summed E-state index contributed by atoms with van der Waals surface area (Å²) < 4.78 is 11.7. The summed E-state index contributed by atoms with van der Waals surface area (Å²) in [7, 11) is 0. The molecule has 6 rings (SSSR count). The summed E-state index contributed by atoms with van der Waals surface area (Å²) in [6.07, 6.45) is 5.46. The topological polar surface area (TPSA) is 51.7 Å². The molecule has 2 aliphatic heterocycles. The molecule has 0 atom stereocenters. The number of thiophene rings is 1. The summed E-state index contributed by atoms with van der Waals surface area (Å²) in [5.41, 5.74) is 5.04. The molecule has 2 aromatic heterocycles. The molecule has 0 unspecified atom stereocenters. The highest BCUT2D eigenvalue weighted by atomic mass is 32.1. The largest absolute Gasteiger partial charge is 0.347 e. The summed E-state index contributed by atoms with van der Waals surface area (Å²) in [6.45, 7) is 2.61. The minimum atomic E-state index is -0.477. The number of ether oxygens (including phenoxy) is 2. The highest BCUT2D eigenvalue weighted by Crippen LogP contribution is 2.39. The Morgan fingerprint density at radius 1 is 1.06 bits per heavy atom. The number of aromatic nitrogens is 1. The van der Waals surface area contributed by atoms with Gasteiger partial charge in [0.2, 0.25) is 0 Å². The smallest absolute Gasteiger partial charge is 0.254 e. The number of hydrogen-bond acceptors (Lipinski definition) is 5. The maximum absolute atomic E-state index is 13.8. The minimum absolute atomic E-state index is 0.111. The summed E-state index contributed by atoms with van der Waals surface area (Å²) in [5.74, 6) is -0.365. The number of rotatable bonds is 2. The van der Waals surface area contributed by atoms with Crippen molar-refractivity contribution < 1.29 is 14.3 Å². The molecule has 3 aromatic rings. The average molecular weight is 433 g/mol. The van der Waals surface area contributed by atoms with Crippen molar-refractivity contribution in [2.75, 3.05) is 26.3 Å². The maximum Gasteiger partial charge on any atom is 0.254 e. The van der Waals surface area contributed by atoms with Crippen molar-refractivity contribution >= 4 is 39.8 Å². The van der Waals surface area contributed by atoms with E-state index in [1.807, 2.05) is 29.2 Å². The quantitative estimate of drug-likeness (QED) is 0.586. The molecular weight excluding hydrogens is 408 g/mol. The first-order valence-corrected chi connectivity index (χ1v) is 11.8. The van der Waals surface area contributed by atoms with E-state index in [-0.39, 0.29) is 5.91 Å². The van der Waals surface area contributed by atoms with Gasteiger partial charge in [0.15, 0.2) is 5.79 Å². The molecule has 1 aliphatic carbocycles. The number of fused-ring (bicyclic) bond motifs is 2. The van der Waals surface area contributed by atoms with Crippen LogP contribution in [0.5, 0.6) is 0 Å². The van der Waals surface area contributed by atoms with Gasteiger partial charge in [-0.2, -0.15) is 0 Å². The number of amides is 1. The monoisotopic (exact) mass is 432 g/mol. The molecule has 0 N–H and O–H groups in total. The first-order valence-electron chi connectivity index (χ1n) is 11.0. The fourth-order valence-corrected chi connectivity index (χ4v) is 5.74. The maximum atomic E-state index is 13.8. The normalized spacial score (nSPS) is 21.3. The number of benzene rings is 1. The molecule has 1 amide bonds. The van der Waals surface area contributed by atoms with E-state index in [0.717, 1.165) is 53.4 Å². The van der Waals surface area contributed by atoms with Crippen LogP contribution in [0.25, 0.3) is 22.6 Å². The van der Waals surface area contributed by atoms with Gasteiger partial charge in [0.05, 0.1) is 30.0 Å². The van der Waals surface area contributed by atoms with Crippen LogP contribution in [0.15, 0.2) is 41.8 Å². The van der Waals surface area contributed by atoms with Gasteiger partial charge in [-0.3, -0.25) is 4.79 Å². The Balaban J connectivity index is 1.40. The van der Waals surface area contributed by atoms with E-state index in [4.69, 9.17) is 14.5 Å². The Kier molecular flexibility index (Phi) is 4.67. The molecule has 1 aromatic carbocycles. The second-order valence-corrected chi connectivity index (χ2v) is 9.40. The lowest BCUT2D eigenvalue weighted by atomic mass is 9.97. The molecule has 2 saturated heterocycles. The van der Waals surface area contributed by atoms with Crippen LogP contribution in [0.2, 0.25) is 0 Å². The van der Waals surface area contributed by atoms with E-state index >= 15 is 0 Å². The van der Waals surface area contributed by atoms with Crippen molar-refractivity contribution in [2.24, 2.45) is 0 Å². The average Bonchev–Trinajstić information content (AvgIpc) is 3.56. The fraction of sp³-hybridized carbons (Fsp3) is 0.360. The van der Waals surface area contributed by atoms with Crippen LogP contribution in [0.4, 0.5) is 0 Å². The second kappa shape index (κ2) is 7.55.